The lowest BCUT2D eigenvalue weighted by molar-refractivity contribution is -0.684. The number of benzene rings is 1. The van der Waals surface area contributed by atoms with E-state index < -0.39 is 10.0 Å². The van der Waals surface area contributed by atoms with E-state index in [4.69, 9.17) is 0 Å². The Morgan fingerprint density at radius 2 is 1.92 bits per heavy atom. The van der Waals surface area contributed by atoms with Crippen LogP contribution in [0.5, 0.6) is 5.75 Å². The molecule has 0 unspecified atom stereocenters. The lowest BCUT2D eigenvalue weighted by Gasteiger charge is -2.26. The van der Waals surface area contributed by atoms with Crippen molar-refractivity contribution in [2.24, 2.45) is 0 Å². The van der Waals surface area contributed by atoms with Crippen LogP contribution < -0.4 is 9.88 Å². The summed E-state index contributed by atoms with van der Waals surface area (Å²) in [6.07, 6.45) is 5.90. The van der Waals surface area contributed by atoms with Gasteiger partial charge in [0.2, 0.25) is 22.8 Å². The van der Waals surface area contributed by atoms with Crippen molar-refractivity contribution in [3.05, 3.63) is 48.8 Å². The number of nitrogens with one attached hydrogen (secondary N) is 1. The van der Waals surface area contributed by atoms with Crippen molar-refractivity contribution >= 4 is 21.6 Å². The molecule has 0 aliphatic carbocycles. The van der Waals surface area contributed by atoms with Gasteiger partial charge in [-0.2, -0.15) is 8.87 Å². The number of amides is 1. The summed E-state index contributed by atoms with van der Waals surface area (Å²) in [5, 5.41) is 12.1. The van der Waals surface area contributed by atoms with Crippen molar-refractivity contribution in [3.8, 4) is 5.75 Å². The molecule has 8 heteroatoms. The van der Waals surface area contributed by atoms with Gasteiger partial charge in [-0.3, -0.25) is 4.79 Å². The normalized spacial score (nSPS) is 15.5. The smallest absolute Gasteiger partial charge is 0.290 e. The second-order valence-electron chi connectivity index (χ2n) is 6.28. The van der Waals surface area contributed by atoms with Crippen molar-refractivity contribution in [1.29, 1.82) is 0 Å². The maximum atomic E-state index is 12.7. The van der Waals surface area contributed by atoms with Crippen molar-refractivity contribution < 1.29 is 22.9 Å². The third-order valence-electron chi connectivity index (χ3n) is 4.24. The van der Waals surface area contributed by atoms with Gasteiger partial charge in [-0.1, -0.05) is 12.5 Å². The summed E-state index contributed by atoms with van der Waals surface area (Å²) >= 11 is 0. The first-order valence-electron chi connectivity index (χ1n) is 8.53. The third-order valence-corrected chi connectivity index (χ3v) is 6.13. The minimum atomic E-state index is -3.54. The fraction of sp³-hybridized carbons (Fsp3) is 0.333. The lowest BCUT2D eigenvalue weighted by Crippen LogP contribution is -2.39. The number of aromatic nitrogens is 1. The predicted octanol–water partition coefficient (Wildman–Crippen LogP) is 1.49. The van der Waals surface area contributed by atoms with E-state index in [1.165, 1.54) is 22.6 Å². The molecule has 1 aromatic heterocycles. The van der Waals surface area contributed by atoms with Gasteiger partial charge < -0.3 is 10.4 Å². The second-order valence-corrected chi connectivity index (χ2v) is 8.21. The van der Waals surface area contributed by atoms with Crippen molar-refractivity contribution in [1.82, 2.24) is 4.31 Å². The molecule has 3 rings (SSSR count). The number of pyridine rings is 1. The second kappa shape index (κ2) is 7.84. The SMILES string of the molecule is O=C(C[n+]1cccc(O)c1)Nc1cccc(S(=O)(=O)N2CCCCC2)c1. The van der Waals surface area contributed by atoms with Crippen LogP contribution >= 0.6 is 0 Å². The molecule has 1 aliphatic rings. The number of carbonyl (C=O) groups excluding carboxylic acids is 1. The zero-order valence-corrected chi connectivity index (χ0v) is 15.2. The number of rotatable bonds is 5. The van der Waals surface area contributed by atoms with Gasteiger partial charge in [0.25, 0.3) is 5.91 Å². The van der Waals surface area contributed by atoms with E-state index in [0.717, 1.165) is 19.3 Å². The van der Waals surface area contributed by atoms with Crippen molar-refractivity contribution in [2.75, 3.05) is 18.4 Å². The summed E-state index contributed by atoms with van der Waals surface area (Å²) in [7, 11) is -3.54. The predicted molar refractivity (Wildman–Crippen MR) is 96.0 cm³/mol. The number of sulfonamides is 1. The Kier molecular flexibility index (Phi) is 5.53. The van der Waals surface area contributed by atoms with Gasteiger partial charge in [0.1, 0.15) is 0 Å². The summed E-state index contributed by atoms with van der Waals surface area (Å²) in [6.45, 7) is 1.08. The number of aromatic hydroxyl groups is 1. The van der Waals surface area contributed by atoms with Crippen LogP contribution in [-0.2, 0) is 21.4 Å². The van der Waals surface area contributed by atoms with E-state index in [-0.39, 0.29) is 23.1 Å². The molecule has 0 bridgehead atoms. The third kappa shape index (κ3) is 4.39. The van der Waals surface area contributed by atoms with E-state index in [1.807, 2.05) is 0 Å². The number of hydrogen-bond acceptors (Lipinski definition) is 4. The molecule has 0 spiro atoms. The maximum absolute atomic E-state index is 12.7. The van der Waals surface area contributed by atoms with E-state index in [0.29, 0.717) is 18.8 Å². The molecule has 1 aliphatic heterocycles. The fourth-order valence-corrected chi connectivity index (χ4v) is 4.52. The highest BCUT2D eigenvalue weighted by molar-refractivity contribution is 7.89. The van der Waals surface area contributed by atoms with Crippen LogP contribution in [-0.4, -0.2) is 36.8 Å². The molecule has 0 radical (unpaired) electrons. The number of anilines is 1. The Balaban J connectivity index is 1.71. The summed E-state index contributed by atoms with van der Waals surface area (Å²) in [5.74, 6) is -0.247. The van der Waals surface area contributed by atoms with E-state index in [1.54, 1.807) is 35.0 Å². The first kappa shape index (κ1) is 18.3. The Labute approximate surface area is 152 Å². The molecule has 0 atom stereocenters. The minimum Gasteiger partial charge on any atom is -0.503 e. The Morgan fingerprint density at radius 1 is 1.15 bits per heavy atom. The molecule has 1 amide bonds. The first-order chi connectivity index (χ1) is 12.4. The molecular weight excluding hydrogens is 354 g/mol. The number of carbonyl (C=O) groups is 1. The van der Waals surface area contributed by atoms with Gasteiger partial charge in [-0.25, -0.2) is 8.42 Å². The summed E-state index contributed by atoms with van der Waals surface area (Å²) < 4.78 is 28.5. The van der Waals surface area contributed by atoms with E-state index in [9.17, 15) is 18.3 Å². The number of nitrogens with zero attached hydrogens (tertiary/aromatic N) is 2. The number of hydrogen-bond donors (Lipinski definition) is 2. The Hall–Kier alpha value is -2.45. The van der Waals surface area contributed by atoms with Crippen LogP contribution in [0.2, 0.25) is 0 Å². The highest BCUT2D eigenvalue weighted by Crippen LogP contribution is 2.22. The van der Waals surface area contributed by atoms with Crippen LogP contribution in [0.1, 0.15) is 19.3 Å². The average Bonchev–Trinajstić information content (AvgIpc) is 2.62. The molecule has 1 aromatic carbocycles. The van der Waals surface area contributed by atoms with Gasteiger partial charge in [0.05, 0.1) is 4.90 Å². The Morgan fingerprint density at radius 3 is 2.65 bits per heavy atom. The fourth-order valence-electron chi connectivity index (χ4n) is 2.96. The molecular formula is C18H22N3O4S+. The monoisotopic (exact) mass is 376 g/mol. The average molecular weight is 376 g/mol. The highest BCUT2D eigenvalue weighted by Gasteiger charge is 2.26. The first-order valence-corrected chi connectivity index (χ1v) is 9.97. The molecule has 7 nitrogen and oxygen atoms in total. The summed E-state index contributed by atoms with van der Waals surface area (Å²) in [4.78, 5) is 12.4. The summed E-state index contributed by atoms with van der Waals surface area (Å²) in [5.41, 5.74) is 0.425. The van der Waals surface area contributed by atoms with Crippen LogP contribution in [0.15, 0.2) is 53.7 Å². The van der Waals surface area contributed by atoms with Crippen LogP contribution in [0.3, 0.4) is 0 Å². The Bertz CT molecular complexity index is 893. The van der Waals surface area contributed by atoms with Gasteiger partial charge >= 0.3 is 0 Å². The molecule has 1 saturated heterocycles. The minimum absolute atomic E-state index is 0.0114. The standard InChI is InChI=1S/C18H21N3O4S/c22-16-7-5-9-20(13-16)14-18(23)19-15-6-4-8-17(12-15)26(24,25)21-10-2-1-3-11-21/h4-9,12-13H,1-3,10-11,14H2,(H-,19,22,23)/p+1. The zero-order valence-electron chi connectivity index (χ0n) is 14.3. The topological polar surface area (TPSA) is 90.6 Å². The zero-order chi connectivity index (χ0) is 18.6. The van der Waals surface area contributed by atoms with Crippen LogP contribution in [0.25, 0.3) is 0 Å². The van der Waals surface area contributed by atoms with Crippen molar-refractivity contribution in [2.45, 2.75) is 30.7 Å². The summed E-state index contributed by atoms with van der Waals surface area (Å²) in [6, 6.07) is 9.45. The van der Waals surface area contributed by atoms with Crippen LogP contribution in [0.4, 0.5) is 5.69 Å². The molecule has 2 N–H and O–H groups in total. The van der Waals surface area contributed by atoms with Gasteiger partial charge in [-0.05, 0) is 37.1 Å². The molecule has 0 saturated carbocycles. The van der Waals surface area contributed by atoms with Gasteiger partial charge in [0, 0.05) is 24.8 Å². The quantitative estimate of drug-likeness (QED) is 0.774. The molecule has 1 fully saturated rings. The van der Waals surface area contributed by atoms with Gasteiger partial charge in [0.15, 0.2) is 11.9 Å². The molecule has 138 valence electrons. The number of piperidine rings is 1. The van der Waals surface area contributed by atoms with Gasteiger partial charge in [-0.15, -0.1) is 0 Å². The highest BCUT2D eigenvalue weighted by atomic mass is 32.2. The largest absolute Gasteiger partial charge is 0.503 e. The van der Waals surface area contributed by atoms with Crippen molar-refractivity contribution in [3.63, 3.8) is 0 Å². The van der Waals surface area contributed by atoms with E-state index in [2.05, 4.69) is 5.32 Å². The van der Waals surface area contributed by atoms with E-state index >= 15 is 0 Å². The lowest BCUT2D eigenvalue weighted by atomic mass is 10.2. The van der Waals surface area contributed by atoms with Crippen LogP contribution in [0, 0.1) is 0 Å². The molecule has 2 heterocycles. The molecule has 2 aromatic rings. The molecule has 26 heavy (non-hydrogen) atoms. The maximum Gasteiger partial charge on any atom is 0.290 e.